The van der Waals surface area contributed by atoms with Crippen molar-refractivity contribution in [2.45, 2.75) is 13.5 Å². The van der Waals surface area contributed by atoms with Crippen LogP contribution in [0.25, 0.3) is 0 Å². The number of amides is 3. The number of rotatable bonds is 5. The maximum atomic E-state index is 13.2. The van der Waals surface area contributed by atoms with E-state index in [0.717, 1.165) is 23.8 Å². The summed E-state index contributed by atoms with van der Waals surface area (Å²) in [6.07, 6.45) is 0. The molecule has 3 amide bonds. The molecule has 146 valence electrons. The minimum atomic E-state index is -0.784. The molecule has 1 N–H and O–H groups in total. The second-order valence-corrected chi connectivity index (χ2v) is 6.42. The van der Waals surface area contributed by atoms with E-state index in [-0.39, 0.29) is 12.2 Å². The first kappa shape index (κ1) is 19.5. The molecule has 0 aromatic heterocycles. The molecular formula is C20H19F2N3O3. The van der Waals surface area contributed by atoms with Crippen molar-refractivity contribution in [1.82, 2.24) is 9.80 Å². The van der Waals surface area contributed by atoms with Crippen LogP contribution in [-0.4, -0.2) is 47.2 Å². The molecular weight excluding hydrogens is 368 g/mol. The number of anilines is 1. The Balaban J connectivity index is 1.64. The highest BCUT2D eigenvalue weighted by Gasteiger charge is 2.31. The molecule has 0 aliphatic carbocycles. The molecule has 0 atom stereocenters. The molecule has 0 spiro atoms. The van der Waals surface area contributed by atoms with Gasteiger partial charge in [-0.25, -0.2) is 8.78 Å². The Labute approximate surface area is 160 Å². The van der Waals surface area contributed by atoms with Crippen molar-refractivity contribution in [1.29, 1.82) is 0 Å². The van der Waals surface area contributed by atoms with Gasteiger partial charge in [0.05, 0.1) is 0 Å². The lowest BCUT2D eigenvalue weighted by molar-refractivity contribution is -0.156. The fourth-order valence-corrected chi connectivity index (χ4v) is 2.98. The fraction of sp³-hybridized carbons (Fsp3) is 0.250. The van der Waals surface area contributed by atoms with Gasteiger partial charge in [0.25, 0.3) is 5.91 Å². The number of hydrogen-bond donors (Lipinski definition) is 1. The first-order valence-corrected chi connectivity index (χ1v) is 8.82. The summed E-state index contributed by atoms with van der Waals surface area (Å²) in [6, 6.07) is 9.21. The summed E-state index contributed by atoms with van der Waals surface area (Å²) in [5.41, 5.74) is 1.08. The molecule has 0 radical (unpaired) electrons. The minimum absolute atomic E-state index is 0.0180. The third kappa shape index (κ3) is 4.33. The molecule has 1 heterocycles. The summed E-state index contributed by atoms with van der Waals surface area (Å²) >= 11 is 0. The van der Waals surface area contributed by atoms with Crippen LogP contribution in [0.1, 0.15) is 22.8 Å². The zero-order chi connectivity index (χ0) is 20.3. The lowest BCUT2D eigenvalue weighted by Crippen LogP contribution is -2.53. The third-order valence-corrected chi connectivity index (χ3v) is 4.49. The average molecular weight is 387 g/mol. The van der Waals surface area contributed by atoms with Gasteiger partial charge >= 0.3 is 11.8 Å². The zero-order valence-corrected chi connectivity index (χ0v) is 15.2. The van der Waals surface area contributed by atoms with E-state index in [1.807, 2.05) is 6.92 Å². The average Bonchev–Trinajstić information content (AvgIpc) is 2.65. The predicted molar refractivity (Wildman–Crippen MR) is 98.4 cm³/mol. The summed E-state index contributed by atoms with van der Waals surface area (Å²) in [6.45, 7) is 3.52. The predicted octanol–water partition coefficient (Wildman–Crippen LogP) is 2.41. The topological polar surface area (TPSA) is 69.7 Å². The summed E-state index contributed by atoms with van der Waals surface area (Å²) < 4.78 is 26.4. The molecule has 2 aromatic rings. The largest absolute Gasteiger partial charge is 0.333 e. The highest BCUT2D eigenvalue weighted by molar-refractivity contribution is 6.35. The van der Waals surface area contributed by atoms with E-state index in [4.69, 9.17) is 0 Å². The van der Waals surface area contributed by atoms with Crippen LogP contribution in [0.2, 0.25) is 0 Å². The Morgan fingerprint density at radius 3 is 2.14 bits per heavy atom. The number of nitrogens with one attached hydrogen (secondary N) is 1. The van der Waals surface area contributed by atoms with Crippen LogP contribution in [-0.2, 0) is 16.1 Å². The summed E-state index contributed by atoms with van der Waals surface area (Å²) in [7, 11) is 0. The van der Waals surface area contributed by atoms with Gasteiger partial charge in [-0.05, 0) is 36.8 Å². The van der Waals surface area contributed by atoms with Gasteiger partial charge < -0.3 is 15.1 Å². The van der Waals surface area contributed by atoms with Crippen LogP contribution in [0.15, 0.2) is 42.5 Å². The monoisotopic (exact) mass is 387 g/mol. The van der Waals surface area contributed by atoms with Crippen LogP contribution >= 0.6 is 0 Å². The molecule has 0 bridgehead atoms. The summed E-state index contributed by atoms with van der Waals surface area (Å²) in [5.74, 6) is -3.13. The van der Waals surface area contributed by atoms with Gasteiger partial charge in [-0.15, -0.1) is 0 Å². The number of carbonyl (C=O) groups is 3. The maximum absolute atomic E-state index is 13.2. The van der Waals surface area contributed by atoms with Crippen LogP contribution in [0.4, 0.5) is 14.5 Å². The van der Waals surface area contributed by atoms with Gasteiger partial charge in [0, 0.05) is 43.5 Å². The van der Waals surface area contributed by atoms with Crippen molar-refractivity contribution in [3.05, 3.63) is 65.2 Å². The van der Waals surface area contributed by atoms with Crippen molar-refractivity contribution in [2.24, 2.45) is 0 Å². The Morgan fingerprint density at radius 1 is 0.964 bits per heavy atom. The van der Waals surface area contributed by atoms with Crippen molar-refractivity contribution in [3.63, 3.8) is 0 Å². The molecule has 1 aliphatic heterocycles. The minimum Gasteiger partial charge on any atom is -0.333 e. The fourth-order valence-electron chi connectivity index (χ4n) is 2.98. The Kier molecular flexibility index (Phi) is 5.67. The van der Waals surface area contributed by atoms with Crippen molar-refractivity contribution < 1.29 is 23.2 Å². The van der Waals surface area contributed by atoms with Crippen LogP contribution in [0.5, 0.6) is 0 Å². The van der Waals surface area contributed by atoms with Gasteiger partial charge in [0.1, 0.15) is 11.6 Å². The van der Waals surface area contributed by atoms with Crippen molar-refractivity contribution in [3.8, 4) is 0 Å². The van der Waals surface area contributed by atoms with E-state index in [1.165, 1.54) is 9.80 Å². The third-order valence-electron chi connectivity index (χ3n) is 4.49. The van der Waals surface area contributed by atoms with Crippen molar-refractivity contribution in [2.75, 3.05) is 25.0 Å². The maximum Gasteiger partial charge on any atom is 0.312 e. The van der Waals surface area contributed by atoms with E-state index < -0.39 is 29.4 Å². The zero-order valence-electron chi connectivity index (χ0n) is 15.2. The molecule has 6 nitrogen and oxygen atoms in total. The van der Waals surface area contributed by atoms with Gasteiger partial charge in [-0.3, -0.25) is 14.4 Å². The lowest BCUT2D eigenvalue weighted by atomic mass is 10.1. The molecule has 0 unspecified atom stereocenters. The second kappa shape index (κ2) is 8.16. The van der Waals surface area contributed by atoms with E-state index in [9.17, 15) is 23.2 Å². The second-order valence-electron chi connectivity index (χ2n) is 6.42. The van der Waals surface area contributed by atoms with E-state index in [0.29, 0.717) is 25.2 Å². The SMILES string of the molecule is CCN1CCN(Cc2ccc(C(=O)Nc3cc(F)cc(F)c3)cc2)C(=O)C1=O. The number of likely N-dealkylation sites (N-methyl/N-ethyl adjacent to an activating group) is 1. The number of hydrogen-bond acceptors (Lipinski definition) is 3. The smallest absolute Gasteiger partial charge is 0.312 e. The first-order chi connectivity index (χ1) is 13.4. The van der Waals surface area contributed by atoms with E-state index >= 15 is 0 Å². The van der Waals surface area contributed by atoms with Crippen molar-refractivity contribution >= 4 is 23.4 Å². The highest BCUT2D eigenvalue weighted by Crippen LogP contribution is 2.16. The lowest BCUT2D eigenvalue weighted by Gasteiger charge is -2.33. The molecule has 28 heavy (non-hydrogen) atoms. The molecule has 1 saturated heterocycles. The summed E-state index contributed by atoms with van der Waals surface area (Å²) in [4.78, 5) is 39.3. The molecule has 0 saturated carbocycles. The van der Waals surface area contributed by atoms with Crippen LogP contribution < -0.4 is 5.32 Å². The van der Waals surface area contributed by atoms with Gasteiger partial charge in [-0.1, -0.05) is 12.1 Å². The molecule has 1 fully saturated rings. The van der Waals surface area contributed by atoms with E-state index in [1.54, 1.807) is 24.3 Å². The number of benzene rings is 2. The summed E-state index contributed by atoms with van der Waals surface area (Å²) in [5, 5.41) is 2.43. The number of piperazine rings is 1. The standard InChI is InChI=1S/C20H19F2N3O3/c1-2-24-7-8-25(20(28)19(24)27)12-13-3-5-14(6-4-13)18(26)23-17-10-15(21)9-16(22)11-17/h3-6,9-11H,2,7-8,12H2,1H3,(H,23,26). The number of carbonyl (C=O) groups excluding carboxylic acids is 3. The molecule has 1 aliphatic rings. The van der Waals surface area contributed by atoms with Gasteiger partial charge in [0.15, 0.2) is 0 Å². The Bertz CT molecular complexity index is 895. The van der Waals surface area contributed by atoms with Crippen LogP contribution in [0.3, 0.4) is 0 Å². The first-order valence-electron chi connectivity index (χ1n) is 8.82. The van der Waals surface area contributed by atoms with Gasteiger partial charge in [-0.2, -0.15) is 0 Å². The van der Waals surface area contributed by atoms with Gasteiger partial charge in [0.2, 0.25) is 0 Å². The highest BCUT2D eigenvalue weighted by atomic mass is 19.1. The molecule has 2 aromatic carbocycles. The van der Waals surface area contributed by atoms with Crippen LogP contribution in [0, 0.1) is 11.6 Å². The quantitative estimate of drug-likeness (QED) is 0.801. The number of nitrogens with zero attached hydrogens (tertiary/aromatic N) is 2. The Morgan fingerprint density at radius 2 is 1.54 bits per heavy atom. The Hall–Kier alpha value is -3.29. The molecule has 3 rings (SSSR count). The normalized spacial score (nSPS) is 14.4. The molecule has 8 heteroatoms. The van der Waals surface area contributed by atoms with E-state index in [2.05, 4.69) is 5.32 Å². The number of halogens is 2.